The van der Waals surface area contributed by atoms with Crippen LogP contribution < -0.4 is 0 Å². The van der Waals surface area contributed by atoms with Crippen molar-refractivity contribution in [1.29, 1.82) is 0 Å². The summed E-state index contributed by atoms with van der Waals surface area (Å²) in [6.07, 6.45) is 1.93. The summed E-state index contributed by atoms with van der Waals surface area (Å²) in [7, 11) is 0. The molecule has 0 fully saturated rings. The summed E-state index contributed by atoms with van der Waals surface area (Å²) in [5.41, 5.74) is 0.988. The van der Waals surface area contributed by atoms with Gasteiger partial charge in [-0.2, -0.15) is 0 Å². The zero-order chi connectivity index (χ0) is 6.15. The molecule has 1 aliphatic rings. The molecule has 0 bridgehead atoms. The maximum atomic E-state index is 5.15. The Balaban J connectivity index is 2.95. The molecule has 0 radical (unpaired) electrons. The lowest BCUT2D eigenvalue weighted by molar-refractivity contribution is -0.392. The molecular weight excluding hydrogens is 100 g/mol. The van der Waals surface area contributed by atoms with Gasteiger partial charge < -0.3 is 0 Å². The maximum Gasteiger partial charge on any atom is 0.333 e. The molecule has 42 valence electrons. The van der Waals surface area contributed by atoms with Crippen molar-refractivity contribution in [3.05, 3.63) is 24.0 Å². The van der Waals surface area contributed by atoms with Gasteiger partial charge in [0.25, 0.3) is 0 Å². The highest BCUT2D eigenvalue weighted by molar-refractivity contribution is 5.97. The molecule has 0 saturated carbocycles. The van der Waals surface area contributed by atoms with Gasteiger partial charge >= 0.3 is 11.5 Å². The van der Waals surface area contributed by atoms with Gasteiger partial charge in [0.15, 0.2) is 0 Å². The van der Waals surface area contributed by atoms with Crippen molar-refractivity contribution >= 4 is 5.78 Å². The zero-order valence-corrected chi connectivity index (χ0v) is 5.19. The van der Waals surface area contributed by atoms with Crippen LogP contribution in [-0.2, 0) is 4.42 Å². The Hall–Kier alpha value is -0.850. The molecular formula is C7H9O+. The summed E-state index contributed by atoms with van der Waals surface area (Å²) in [4.78, 5) is 0. The lowest BCUT2D eigenvalue weighted by Gasteiger charge is -1.70. The minimum absolute atomic E-state index is 0.919. The maximum absolute atomic E-state index is 5.15. The van der Waals surface area contributed by atoms with Gasteiger partial charge in [0.2, 0.25) is 0 Å². The van der Waals surface area contributed by atoms with E-state index in [1.165, 1.54) is 0 Å². The molecule has 0 aliphatic carbocycles. The minimum Gasteiger partial charge on any atom is -0.218 e. The molecule has 0 N–H and O–H groups in total. The number of hydrogen-bond donors (Lipinski definition) is 0. The fraction of sp³-hybridized carbons (Fsp3) is 0.286. The largest absolute Gasteiger partial charge is 0.333 e. The first-order chi connectivity index (χ1) is 3.70. The van der Waals surface area contributed by atoms with Crippen LogP contribution in [0.1, 0.15) is 13.8 Å². The van der Waals surface area contributed by atoms with E-state index in [2.05, 4.69) is 6.58 Å². The van der Waals surface area contributed by atoms with Crippen LogP contribution >= 0.6 is 0 Å². The van der Waals surface area contributed by atoms with Crippen LogP contribution in [0.3, 0.4) is 0 Å². The molecule has 0 spiro atoms. The Labute approximate surface area is 49.0 Å². The topological polar surface area (TPSA) is 11.3 Å². The molecule has 0 aromatic heterocycles. The molecule has 1 heteroatoms. The predicted molar refractivity (Wildman–Crippen MR) is 33.6 cm³/mol. The van der Waals surface area contributed by atoms with E-state index in [-0.39, 0.29) is 0 Å². The number of allylic oxidation sites excluding steroid dienone is 3. The smallest absolute Gasteiger partial charge is 0.218 e. The Kier molecular flexibility index (Phi) is 1.05. The second-order valence-electron chi connectivity index (χ2n) is 1.94. The van der Waals surface area contributed by atoms with Gasteiger partial charge in [-0.25, -0.2) is 4.42 Å². The van der Waals surface area contributed by atoms with Gasteiger partial charge in [-0.05, 0) is 0 Å². The van der Waals surface area contributed by atoms with Gasteiger partial charge in [-0.3, -0.25) is 0 Å². The predicted octanol–water partition coefficient (Wildman–Crippen LogP) is 1.58. The van der Waals surface area contributed by atoms with Crippen molar-refractivity contribution in [3.8, 4) is 0 Å². The molecule has 0 unspecified atom stereocenters. The van der Waals surface area contributed by atoms with Gasteiger partial charge in [0.05, 0.1) is 25.5 Å². The molecule has 1 aliphatic heterocycles. The van der Waals surface area contributed by atoms with Crippen molar-refractivity contribution in [2.24, 2.45) is 0 Å². The molecule has 1 nitrogen and oxygen atoms in total. The number of carbonyl (C=O) groups excluding carboxylic acids is 1. The zero-order valence-electron chi connectivity index (χ0n) is 5.19. The SMILES string of the molecule is C=C1C=C(C)[O+]=C1C. The second kappa shape index (κ2) is 1.58. The molecule has 0 amide bonds. The highest BCUT2D eigenvalue weighted by Gasteiger charge is 2.18. The summed E-state index contributed by atoms with van der Waals surface area (Å²) in [6.45, 7) is 7.58. The van der Waals surface area contributed by atoms with Crippen molar-refractivity contribution < 1.29 is 4.42 Å². The Morgan fingerprint density at radius 3 is 2.25 bits per heavy atom. The van der Waals surface area contributed by atoms with E-state index < -0.39 is 0 Å². The molecule has 0 atom stereocenters. The Bertz CT molecular complexity index is 182. The minimum atomic E-state index is 0.919. The van der Waals surface area contributed by atoms with Crippen LogP contribution in [0.5, 0.6) is 0 Å². The lowest BCUT2D eigenvalue weighted by atomic mass is 10.2. The standard InChI is InChI=1S/C7H9O/c1-5-4-6(2)8-7(5)3/h4H,1H2,2-3H3/q+1. The van der Waals surface area contributed by atoms with Crippen molar-refractivity contribution in [2.45, 2.75) is 13.8 Å². The van der Waals surface area contributed by atoms with Crippen molar-refractivity contribution in [3.63, 3.8) is 0 Å². The summed E-state index contributed by atoms with van der Waals surface area (Å²) in [5.74, 6) is 1.86. The van der Waals surface area contributed by atoms with Crippen LogP contribution in [0, 0.1) is 0 Å². The molecule has 8 heavy (non-hydrogen) atoms. The number of ketones is 1. The van der Waals surface area contributed by atoms with Gasteiger partial charge in [-0.1, -0.05) is 6.58 Å². The third kappa shape index (κ3) is 0.713. The number of rotatable bonds is 0. The van der Waals surface area contributed by atoms with Gasteiger partial charge in [-0.15, -0.1) is 0 Å². The van der Waals surface area contributed by atoms with E-state index >= 15 is 0 Å². The van der Waals surface area contributed by atoms with E-state index in [4.69, 9.17) is 4.42 Å². The lowest BCUT2D eigenvalue weighted by Crippen LogP contribution is -1.87. The second-order valence-corrected chi connectivity index (χ2v) is 1.94. The average molecular weight is 109 g/mol. The Morgan fingerprint density at radius 1 is 1.50 bits per heavy atom. The van der Waals surface area contributed by atoms with E-state index in [1.807, 2.05) is 19.9 Å². The first-order valence-corrected chi connectivity index (χ1v) is 2.59. The highest BCUT2D eigenvalue weighted by atomic mass is 16.4. The summed E-state index contributed by atoms with van der Waals surface area (Å²) in [5, 5.41) is 0. The third-order valence-electron chi connectivity index (χ3n) is 1.14. The van der Waals surface area contributed by atoms with Crippen LogP contribution in [-0.4, -0.2) is 5.78 Å². The summed E-state index contributed by atoms with van der Waals surface area (Å²) >= 11 is 0. The summed E-state index contributed by atoms with van der Waals surface area (Å²) in [6, 6.07) is 0. The fourth-order valence-electron chi connectivity index (χ4n) is 0.683. The normalized spacial score (nSPS) is 18.5. The molecule has 0 aromatic rings. The third-order valence-corrected chi connectivity index (χ3v) is 1.14. The average Bonchev–Trinajstić information content (AvgIpc) is 1.85. The monoisotopic (exact) mass is 109 g/mol. The van der Waals surface area contributed by atoms with Crippen LogP contribution in [0.4, 0.5) is 0 Å². The molecule has 0 aromatic carbocycles. The van der Waals surface area contributed by atoms with Crippen LogP contribution in [0.2, 0.25) is 0 Å². The van der Waals surface area contributed by atoms with Gasteiger partial charge in [0, 0.05) is 0 Å². The van der Waals surface area contributed by atoms with E-state index in [9.17, 15) is 0 Å². The first kappa shape index (κ1) is 5.29. The number of hydrogen-bond acceptors (Lipinski definition) is 0. The van der Waals surface area contributed by atoms with E-state index in [0.29, 0.717) is 0 Å². The van der Waals surface area contributed by atoms with E-state index in [1.54, 1.807) is 0 Å². The highest BCUT2D eigenvalue weighted by Crippen LogP contribution is 2.08. The first-order valence-electron chi connectivity index (χ1n) is 2.59. The van der Waals surface area contributed by atoms with Crippen molar-refractivity contribution in [2.75, 3.05) is 0 Å². The van der Waals surface area contributed by atoms with Gasteiger partial charge in [0.1, 0.15) is 0 Å². The molecule has 1 heterocycles. The van der Waals surface area contributed by atoms with Crippen LogP contribution in [0.25, 0.3) is 0 Å². The Morgan fingerprint density at radius 2 is 2.12 bits per heavy atom. The van der Waals surface area contributed by atoms with Crippen LogP contribution in [0.15, 0.2) is 24.0 Å². The fourth-order valence-corrected chi connectivity index (χ4v) is 0.683. The molecule has 0 saturated heterocycles. The molecule has 1 rings (SSSR count). The quantitative estimate of drug-likeness (QED) is 0.330. The summed E-state index contributed by atoms with van der Waals surface area (Å²) < 4.78 is 5.15. The van der Waals surface area contributed by atoms with E-state index in [0.717, 1.165) is 17.1 Å². The van der Waals surface area contributed by atoms with Crippen molar-refractivity contribution in [1.82, 2.24) is 0 Å².